The standard InChI is InChI=1S/C14H12F2/c1-2-10-5-3-6-11(9-10)12-7-4-8-13(15)14(12)16/h3-9H,2H2,1H3. The van der Waals surface area contributed by atoms with Crippen LogP contribution in [-0.2, 0) is 6.42 Å². The van der Waals surface area contributed by atoms with E-state index in [-0.39, 0.29) is 0 Å². The number of hydrogen-bond acceptors (Lipinski definition) is 0. The van der Waals surface area contributed by atoms with Gasteiger partial charge in [-0.05, 0) is 23.6 Å². The lowest BCUT2D eigenvalue weighted by Gasteiger charge is -2.05. The Bertz CT molecular complexity index is 504. The molecule has 0 nitrogen and oxygen atoms in total. The van der Waals surface area contributed by atoms with Crippen molar-refractivity contribution in [1.82, 2.24) is 0 Å². The average molecular weight is 218 g/mol. The van der Waals surface area contributed by atoms with Crippen LogP contribution in [0.2, 0.25) is 0 Å². The van der Waals surface area contributed by atoms with Crippen molar-refractivity contribution in [2.24, 2.45) is 0 Å². The molecule has 82 valence electrons. The van der Waals surface area contributed by atoms with Crippen LogP contribution in [0.3, 0.4) is 0 Å². The second-order valence-electron chi connectivity index (χ2n) is 3.66. The molecule has 2 rings (SSSR count). The highest BCUT2D eigenvalue weighted by molar-refractivity contribution is 5.64. The molecule has 0 heterocycles. The Morgan fingerprint density at radius 3 is 2.50 bits per heavy atom. The first-order chi connectivity index (χ1) is 7.72. The van der Waals surface area contributed by atoms with Crippen molar-refractivity contribution in [3.05, 3.63) is 59.7 Å². The van der Waals surface area contributed by atoms with Crippen LogP contribution in [0, 0.1) is 11.6 Å². The average Bonchev–Trinajstić information content (AvgIpc) is 2.33. The lowest BCUT2D eigenvalue weighted by molar-refractivity contribution is 0.511. The van der Waals surface area contributed by atoms with Crippen molar-refractivity contribution in [2.45, 2.75) is 13.3 Å². The van der Waals surface area contributed by atoms with Crippen LogP contribution in [0.5, 0.6) is 0 Å². The Labute approximate surface area is 93.5 Å². The zero-order chi connectivity index (χ0) is 11.5. The van der Waals surface area contributed by atoms with Gasteiger partial charge in [-0.15, -0.1) is 0 Å². The van der Waals surface area contributed by atoms with E-state index in [1.807, 2.05) is 25.1 Å². The minimum Gasteiger partial charge on any atom is -0.204 e. The monoisotopic (exact) mass is 218 g/mol. The zero-order valence-corrected chi connectivity index (χ0v) is 9.00. The third-order valence-electron chi connectivity index (χ3n) is 2.60. The van der Waals surface area contributed by atoms with E-state index >= 15 is 0 Å². The van der Waals surface area contributed by atoms with E-state index in [2.05, 4.69) is 0 Å². The predicted molar refractivity (Wildman–Crippen MR) is 61.2 cm³/mol. The molecule has 0 aliphatic heterocycles. The topological polar surface area (TPSA) is 0 Å². The van der Waals surface area contributed by atoms with Gasteiger partial charge in [0.25, 0.3) is 0 Å². The largest absolute Gasteiger partial charge is 0.204 e. The Morgan fingerprint density at radius 1 is 1.00 bits per heavy atom. The predicted octanol–water partition coefficient (Wildman–Crippen LogP) is 4.19. The fourth-order valence-electron chi connectivity index (χ4n) is 1.69. The summed E-state index contributed by atoms with van der Waals surface area (Å²) in [5.41, 5.74) is 2.15. The Morgan fingerprint density at radius 2 is 1.75 bits per heavy atom. The third-order valence-corrected chi connectivity index (χ3v) is 2.60. The molecular formula is C14H12F2. The molecule has 16 heavy (non-hydrogen) atoms. The molecule has 0 atom stereocenters. The molecule has 0 N–H and O–H groups in total. The van der Waals surface area contributed by atoms with Crippen LogP contribution < -0.4 is 0 Å². The van der Waals surface area contributed by atoms with Gasteiger partial charge in [-0.1, -0.05) is 43.3 Å². The van der Waals surface area contributed by atoms with E-state index in [1.54, 1.807) is 12.1 Å². The zero-order valence-electron chi connectivity index (χ0n) is 9.00. The molecule has 0 bridgehead atoms. The molecule has 2 heteroatoms. The van der Waals surface area contributed by atoms with Crippen LogP contribution in [0.25, 0.3) is 11.1 Å². The van der Waals surface area contributed by atoms with Crippen molar-refractivity contribution >= 4 is 0 Å². The molecule has 2 aromatic carbocycles. The normalized spacial score (nSPS) is 10.4. The quantitative estimate of drug-likeness (QED) is 0.708. The van der Waals surface area contributed by atoms with Gasteiger partial charge in [0, 0.05) is 5.56 Å². The van der Waals surface area contributed by atoms with Gasteiger partial charge in [0.1, 0.15) is 0 Å². The van der Waals surface area contributed by atoms with Gasteiger partial charge in [-0.2, -0.15) is 0 Å². The van der Waals surface area contributed by atoms with E-state index < -0.39 is 11.6 Å². The minimum absolute atomic E-state index is 0.315. The summed E-state index contributed by atoms with van der Waals surface area (Å²) in [6.45, 7) is 2.03. The molecule has 0 spiro atoms. The van der Waals surface area contributed by atoms with Gasteiger partial charge in [-0.3, -0.25) is 0 Å². The van der Waals surface area contributed by atoms with Gasteiger partial charge in [0.2, 0.25) is 0 Å². The summed E-state index contributed by atoms with van der Waals surface area (Å²) in [5, 5.41) is 0. The Balaban J connectivity index is 2.54. The molecule has 0 radical (unpaired) electrons. The molecular weight excluding hydrogens is 206 g/mol. The highest BCUT2D eigenvalue weighted by Crippen LogP contribution is 2.25. The van der Waals surface area contributed by atoms with E-state index in [1.165, 1.54) is 6.07 Å². The van der Waals surface area contributed by atoms with E-state index in [0.717, 1.165) is 23.6 Å². The van der Waals surface area contributed by atoms with Gasteiger partial charge in [0.05, 0.1) is 0 Å². The van der Waals surface area contributed by atoms with E-state index in [4.69, 9.17) is 0 Å². The highest BCUT2D eigenvalue weighted by Gasteiger charge is 2.09. The van der Waals surface area contributed by atoms with Crippen molar-refractivity contribution in [2.75, 3.05) is 0 Å². The van der Waals surface area contributed by atoms with Crippen LogP contribution in [0.4, 0.5) is 8.78 Å². The summed E-state index contributed by atoms with van der Waals surface area (Å²) in [6, 6.07) is 11.7. The molecule has 0 fully saturated rings. The van der Waals surface area contributed by atoms with E-state index in [0.29, 0.717) is 5.56 Å². The van der Waals surface area contributed by atoms with Crippen LogP contribution in [-0.4, -0.2) is 0 Å². The Hall–Kier alpha value is -1.70. The van der Waals surface area contributed by atoms with Gasteiger partial charge in [0.15, 0.2) is 11.6 Å². The summed E-state index contributed by atoms with van der Waals surface area (Å²) in [5.74, 6) is -1.59. The first-order valence-corrected chi connectivity index (χ1v) is 5.25. The lowest BCUT2D eigenvalue weighted by atomic mass is 10.0. The molecule has 2 aromatic rings. The highest BCUT2D eigenvalue weighted by atomic mass is 19.2. The molecule has 0 saturated heterocycles. The van der Waals surface area contributed by atoms with Crippen molar-refractivity contribution in [1.29, 1.82) is 0 Å². The summed E-state index contributed by atoms with van der Waals surface area (Å²) < 4.78 is 26.6. The lowest BCUT2D eigenvalue weighted by Crippen LogP contribution is -1.90. The fourth-order valence-corrected chi connectivity index (χ4v) is 1.69. The first kappa shape index (κ1) is 10.8. The third kappa shape index (κ3) is 1.96. The minimum atomic E-state index is -0.806. The Kier molecular flexibility index (Phi) is 3.00. The van der Waals surface area contributed by atoms with Crippen molar-refractivity contribution in [3.8, 4) is 11.1 Å². The second-order valence-corrected chi connectivity index (χ2v) is 3.66. The summed E-state index contributed by atoms with van der Waals surface area (Å²) in [6.07, 6.45) is 0.880. The first-order valence-electron chi connectivity index (χ1n) is 5.25. The molecule has 0 aliphatic rings. The number of halogens is 2. The SMILES string of the molecule is CCc1cccc(-c2cccc(F)c2F)c1. The van der Waals surface area contributed by atoms with Crippen LogP contribution >= 0.6 is 0 Å². The van der Waals surface area contributed by atoms with Crippen molar-refractivity contribution < 1.29 is 8.78 Å². The molecule has 0 aliphatic carbocycles. The molecule has 0 unspecified atom stereocenters. The summed E-state index contributed by atoms with van der Waals surface area (Å²) in [4.78, 5) is 0. The maximum Gasteiger partial charge on any atom is 0.166 e. The summed E-state index contributed by atoms with van der Waals surface area (Å²) in [7, 11) is 0. The molecule has 0 saturated carbocycles. The second kappa shape index (κ2) is 4.44. The number of benzene rings is 2. The van der Waals surface area contributed by atoms with Crippen LogP contribution in [0.15, 0.2) is 42.5 Å². The number of hydrogen-bond donors (Lipinski definition) is 0. The maximum atomic E-state index is 13.5. The summed E-state index contributed by atoms with van der Waals surface area (Å²) >= 11 is 0. The molecule has 0 aromatic heterocycles. The number of rotatable bonds is 2. The van der Waals surface area contributed by atoms with Gasteiger partial charge in [-0.25, -0.2) is 8.78 Å². The van der Waals surface area contributed by atoms with Crippen molar-refractivity contribution in [3.63, 3.8) is 0 Å². The number of aryl methyl sites for hydroxylation is 1. The van der Waals surface area contributed by atoms with Gasteiger partial charge < -0.3 is 0 Å². The fraction of sp³-hybridized carbons (Fsp3) is 0.143. The van der Waals surface area contributed by atoms with Gasteiger partial charge >= 0.3 is 0 Å². The van der Waals surface area contributed by atoms with Crippen LogP contribution in [0.1, 0.15) is 12.5 Å². The molecule has 0 amide bonds. The van der Waals surface area contributed by atoms with E-state index in [9.17, 15) is 8.78 Å². The maximum absolute atomic E-state index is 13.5. The smallest absolute Gasteiger partial charge is 0.166 e.